The van der Waals surface area contributed by atoms with E-state index in [0.717, 1.165) is 5.56 Å². The molecule has 3 nitrogen and oxygen atoms in total. The Morgan fingerprint density at radius 2 is 1.75 bits per heavy atom. The number of carbonyl (C=O) groups is 1. The fourth-order valence-corrected chi connectivity index (χ4v) is 2.65. The quantitative estimate of drug-likeness (QED) is 0.560. The second kappa shape index (κ2) is 7.56. The van der Waals surface area contributed by atoms with Crippen molar-refractivity contribution in [1.82, 2.24) is 0 Å². The standard InChI is InChI=1S/C19H14Cl2O3/c20-16-8-4-7-15(19(16)21)17-10-9-14(24-17)12-23-18(22)11-13-5-2-1-3-6-13/h1-10H,11-12H2. The van der Waals surface area contributed by atoms with Gasteiger partial charge in [0.25, 0.3) is 0 Å². The van der Waals surface area contributed by atoms with Crippen molar-refractivity contribution >= 4 is 29.2 Å². The van der Waals surface area contributed by atoms with E-state index >= 15 is 0 Å². The SMILES string of the molecule is O=C(Cc1ccccc1)OCc1ccc(-c2cccc(Cl)c2Cl)o1. The first-order valence-corrected chi connectivity index (χ1v) is 8.12. The van der Waals surface area contributed by atoms with Crippen LogP contribution in [0.25, 0.3) is 11.3 Å². The highest BCUT2D eigenvalue weighted by molar-refractivity contribution is 6.43. The molecule has 0 fully saturated rings. The predicted octanol–water partition coefficient (Wildman–Crippen LogP) is 5.54. The number of rotatable bonds is 5. The summed E-state index contributed by atoms with van der Waals surface area (Å²) in [6.45, 7) is 0.0733. The van der Waals surface area contributed by atoms with Crippen molar-refractivity contribution in [2.75, 3.05) is 0 Å². The lowest BCUT2D eigenvalue weighted by molar-refractivity contribution is -0.144. The number of ether oxygens (including phenoxy) is 1. The van der Waals surface area contributed by atoms with E-state index in [1.54, 1.807) is 24.3 Å². The Bertz CT molecular complexity index is 841. The molecule has 3 rings (SSSR count). The van der Waals surface area contributed by atoms with Crippen LogP contribution in [0.4, 0.5) is 0 Å². The van der Waals surface area contributed by atoms with Crippen LogP contribution >= 0.6 is 23.2 Å². The first-order chi connectivity index (χ1) is 11.6. The molecule has 0 unspecified atom stereocenters. The third-order valence-electron chi connectivity index (χ3n) is 3.45. The topological polar surface area (TPSA) is 39.4 Å². The molecule has 0 aliphatic rings. The zero-order valence-electron chi connectivity index (χ0n) is 12.7. The molecule has 1 aromatic heterocycles. The molecule has 2 aromatic carbocycles. The number of hydrogen-bond acceptors (Lipinski definition) is 3. The third-order valence-corrected chi connectivity index (χ3v) is 4.26. The maximum atomic E-state index is 11.9. The van der Waals surface area contributed by atoms with Crippen LogP contribution < -0.4 is 0 Å². The van der Waals surface area contributed by atoms with Gasteiger partial charge in [-0.15, -0.1) is 0 Å². The summed E-state index contributed by atoms with van der Waals surface area (Å²) in [7, 11) is 0. The molecule has 1 heterocycles. The van der Waals surface area contributed by atoms with Gasteiger partial charge >= 0.3 is 5.97 Å². The van der Waals surface area contributed by atoms with Gasteiger partial charge in [0.1, 0.15) is 18.1 Å². The number of carbonyl (C=O) groups excluding carboxylic acids is 1. The molecule has 5 heteroatoms. The Hall–Kier alpha value is -2.23. The highest BCUT2D eigenvalue weighted by Gasteiger charge is 2.12. The van der Waals surface area contributed by atoms with Crippen LogP contribution in [0.3, 0.4) is 0 Å². The molecule has 0 N–H and O–H groups in total. The molecule has 0 bridgehead atoms. The highest BCUT2D eigenvalue weighted by atomic mass is 35.5. The van der Waals surface area contributed by atoms with Gasteiger partial charge in [-0.1, -0.05) is 59.6 Å². The number of halogens is 2. The lowest BCUT2D eigenvalue weighted by Gasteiger charge is -2.04. The molecule has 0 amide bonds. The Kier molecular flexibility index (Phi) is 5.24. The minimum atomic E-state index is -0.306. The summed E-state index contributed by atoms with van der Waals surface area (Å²) in [4.78, 5) is 11.9. The zero-order chi connectivity index (χ0) is 16.9. The molecule has 0 aliphatic heterocycles. The first-order valence-electron chi connectivity index (χ1n) is 7.36. The molecule has 0 spiro atoms. The maximum Gasteiger partial charge on any atom is 0.310 e. The van der Waals surface area contributed by atoms with Gasteiger partial charge in [-0.2, -0.15) is 0 Å². The van der Waals surface area contributed by atoms with E-state index in [4.69, 9.17) is 32.4 Å². The van der Waals surface area contributed by atoms with Crippen LogP contribution in [0.1, 0.15) is 11.3 Å². The minimum absolute atomic E-state index is 0.0733. The van der Waals surface area contributed by atoms with Gasteiger partial charge in [0.05, 0.1) is 16.5 Å². The van der Waals surface area contributed by atoms with E-state index < -0.39 is 0 Å². The average Bonchev–Trinajstić information content (AvgIpc) is 3.05. The number of hydrogen-bond donors (Lipinski definition) is 0. The summed E-state index contributed by atoms with van der Waals surface area (Å²) in [5.41, 5.74) is 1.61. The van der Waals surface area contributed by atoms with E-state index in [1.807, 2.05) is 36.4 Å². The molecule has 0 radical (unpaired) electrons. The van der Waals surface area contributed by atoms with Gasteiger partial charge in [-0.25, -0.2) is 0 Å². The van der Waals surface area contributed by atoms with Gasteiger partial charge in [-0.3, -0.25) is 4.79 Å². The van der Waals surface area contributed by atoms with Crippen LogP contribution in [0, 0.1) is 0 Å². The van der Waals surface area contributed by atoms with Crippen LogP contribution in [0.15, 0.2) is 65.1 Å². The fourth-order valence-electron chi connectivity index (χ4n) is 2.26. The summed E-state index contributed by atoms with van der Waals surface area (Å²) in [6, 6.07) is 18.3. The predicted molar refractivity (Wildman–Crippen MR) is 94.1 cm³/mol. The number of furan rings is 1. The molecule has 0 saturated heterocycles. The summed E-state index contributed by atoms with van der Waals surface area (Å²) < 4.78 is 10.9. The minimum Gasteiger partial charge on any atom is -0.457 e. The summed E-state index contributed by atoms with van der Waals surface area (Å²) >= 11 is 12.2. The molecule has 3 aromatic rings. The second-order valence-electron chi connectivity index (χ2n) is 5.19. The monoisotopic (exact) mass is 360 g/mol. The molecule has 0 atom stereocenters. The van der Waals surface area contributed by atoms with E-state index in [2.05, 4.69) is 0 Å². The molecule has 122 valence electrons. The van der Waals surface area contributed by atoms with E-state index in [1.165, 1.54) is 0 Å². The van der Waals surface area contributed by atoms with Crippen molar-refractivity contribution in [3.8, 4) is 11.3 Å². The Labute approximate surface area is 149 Å². The van der Waals surface area contributed by atoms with Gasteiger partial charge < -0.3 is 9.15 Å². The molecule has 0 saturated carbocycles. The van der Waals surface area contributed by atoms with E-state index in [0.29, 0.717) is 27.1 Å². The van der Waals surface area contributed by atoms with Crippen molar-refractivity contribution in [3.05, 3.63) is 82.0 Å². The van der Waals surface area contributed by atoms with Crippen molar-refractivity contribution in [1.29, 1.82) is 0 Å². The molecule has 0 aliphatic carbocycles. The van der Waals surface area contributed by atoms with Crippen molar-refractivity contribution in [2.24, 2.45) is 0 Å². The Morgan fingerprint density at radius 1 is 0.958 bits per heavy atom. The van der Waals surface area contributed by atoms with Crippen LogP contribution in [-0.2, 0) is 22.6 Å². The van der Waals surface area contributed by atoms with Crippen molar-refractivity contribution < 1.29 is 13.9 Å². The van der Waals surface area contributed by atoms with Crippen LogP contribution in [0.2, 0.25) is 10.0 Å². The van der Waals surface area contributed by atoms with Crippen LogP contribution in [0.5, 0.6) is 0 Å². The number of esters is 1. The van der Waals surface area contributed by atoms with E-state index in [9.17, 15) is 4.79 Å². The van der Waals surface area contributed by atoms with Gasteiger partial charge in [-0.05, 0) is 29.8 Å². The van der Waals surface area contributed by atoms with E-state index in [-0.39, 0.29) is 19.0 Å². The van der Waals surface area contributed by atoms with Crippen molar-refractivity contribution in [2.45, 2.75) is 13.0 Å². The summed E-state index contributed by atoms with van der Waals surface area (Å²) in [5, 5.41) is 0.891. The van der Waals surface area contributed by atoms with Gasteiger partial charge in [0, 0.05) is 5.56 Å². The maximum absolute atomic E-state index is 11.9. The lowest BCUT2D eigenvalue weighted by atomic mass is 10.2. The fraction of sp³-hybridized carbons (Fsp3) is 0.105. The first kappa shape index (κ1) is 16.6. The third kappa shape index (κ3) is 3.99. The normalized spacial score (nSPS) is 10.6. The van der Waals surface area contributed by atoms with Crippen LogP contribution in [-0.4, -0.2) is 5.97 Å². The lowest BCUT2D eigenvalue weighted by Crippen LogP contribution is -2.07. The molecular weight excluding hydrogens is 347 g/mol. The Balaban J connectivity index is 1.62. The summed E-state index contributed by atoms with van der Waals surface area (Å²) in [6.07, 6.45) is 0.231. The summed E-state index contributed by atoms with van der Waals surface area (Å²) in [5.74, 6) is 0.819. The number of benzene rings is 2. The highest BCUT2D eigenvalue weighted by Crippen LogP contribution is 2.34. The molecule has 24 heavy (non-hydrogen) atoms. The van der Waals surface area contributed by atoms with Crippen molar-refractivity contribution in [3.63, 3.8) is 0 Å². The average molecular weight is 361 g/mol. The smallest absolute Gasteiger partial charge is 0.310 e. The van der Waals surface area contributed by atoms with Gasteiger partial charge in [0.2, 0.25) is 0 Å². The van der Waals surface area contributed by atoms with Gasteiger partial charge in [0.15, 0.2) is 0 Å². The zero-order valence-corrected chi connectivity index (χ0v) is 14.2. The second-order valence-corrected chi connectivity index (χ2v) is 5.98. The Morgan fingerprint density at radius 3 is 2.54 bits per heavy atom. The largest absolute Gasteiger partial charge is 0.457 e. The molecular formula is C19H14Cl2O3.